The second-order valence-corrected chi connectivity index (χ2v) is 5.40. The molecule has 0 aliphatic heterocycles. The number of carbonyl (C=O) groups is 1. The predicted molar refractivity (Wildman–Crippen MR) is 70.2 cm³/mol. The van der Waals surface area contributed by atoms with Crippen molar-refractivity contribution in [2.45, 2.75) is 63.8 Å². The Labute approximate surface area is 109 Å². The molecule has 0 saturated heterocycles. The Bertz CT molecular complexity index is 359. The highest BCUT2D eigenvalue weighted by molar-refractivity contribution is 5.63. The maximum absolute atomic E-state index is 11.6. The number of aldehydes is 1. The summed E-state index contributed by atoms with van der Waals surface area (Å²) in [4.78, 5) is 11.6. The van der Waals surface area contributed by atoms with E-state index in [1.165, 1.54) is 25.7 Å². The first-order chi connectivity index (χ1) is 8.83. The van der Waals surface area contributed by atoms with E-state index in [1.54, 1.807) is 10.9 Å². The summed E-state index contributed by atoms with van der Waals surface area (Å²) in [5.41, 5.74) is -0.414. The van der Waals surface area contributed by atoms with Crippen LogP contribution < -0.4 is 0 Å². The molecule has 1 atom stereocenters. The number of aromatic nitrogens is 3. The summed E-state index contributed by atoms with van der Waals surface area (Å²) in [6.45, 7) is 2.22. The van der Waals surface area contributed by atoms with Crippen LogP contribution in [0.3, 0.4) is 0 Å². The van der Waals surface area contributed by atoms with E-state index < -0.39 is 5.54 Å². The van der Waals surface area contributed by atoms with Crippen molar-refractivity contribution < 1.29 is 4.79 Å². The predicted octanol–water partition coefficient (Wildman–Crippen LogP) is 2.94. The number of unbranched alkanes of at least 4 members (excludes halogenated alkanes) is 4. The zero-order valence-corrected chi connectivity index (χ0v) is 11.2. The van der Waals surface area contributed by atoms with Crippen molar-refractivity contribution in [3.05, 3.63) is 12.4 Å². The first kappa shape index (κ1) is 13.2. The Kier molecular flexibility index (Phi) is 4.50. The molecule has 100 valence electrons. The van der Waals surface area contributed by atoms with E-state index in [4.69, 9.17) is 0 Å². The average molecular weight is 249 g/mol. The molecule has 4 heteroatoms. The maximum atomic E-state index is 11.6. The van der Waals surface area contributed by atoms with Gasteiger partial charge in [-0.3, -0.25) is 0 Å². The van der Waals surface area contributed by atoms with Crippen molar-refractivity contribution in [2.24, 2.45) is 5.92 Å². The number of nitrogens with zero attached hydrogens (tertiary/aromatic N) is 3. The fourth-order valence-corrected chi connectivity index (χ4v) is 2.74. The van der Waals surface area contributed by atoms with Crippen LogP contribution in [0.1, 0.15) is 58.3 Å². The Morgan fingerprint density at radius 3 is 2.67 bits per heavy atom. The minimum atomic E-state index is -0.414. The van der Waals surface area contributed by atoms with E-state index in [0.717, 1.165) is 32.0 Å². The Morgan fingerprint density at radius 2 is 2.11 bits per heavy atom. The molecule has 1 heterocycles. The van der Waals surface area contributed by atoms with E-state index in [0.29, 0.717) is 5.92 Å². The molecule has 18 heavy (non-hydrogen) atoms. The molecule has 2 rings (SSSR count). The highest BCUT2D eigenvalue weighted by Gasteiger charge is 2.47. The molecule has 1 aromatic rings. The lowest BCUT2D eigenvalue weighted by Crippen LogP contribution is -2.38. The van der Waals surface area contributed by atoms with Gasteiger partial charge >= 0.3 is 0 Å². The lowest BCUT2D eigenvalue weighted by molar-refractivity contribution is -0.117. The molecule has 1 aromatic heterocycles. The number of rotatable bonds is 9. The van der Waals surface area contributed by atoms with Crippen molar-refractivity contribution in [3.63, 3.8) is 0 Å². The van der Waals surface area contributed by atoms with Crippen molar-refractivity contribution in [3.8, 4) is 0 Å². The first-order valence-electron chi connectivity index (χ1n) is 7.16. The van der Waals surface area contributed by atoms with Crippen LogP contribution in [0.25, 0.3) is 0 Å². The van der Waals surface area contributed by atoms with Crippen LogP contribution in [0.5, 0.6) is 0 Å². The van der Waals surface area contributed by atoms with Crippen molar-refractivity contribution in [2.75, 3.05) is 0 Å². The zero-order valence-electron chi connectivity index (χ0n) is 11.2. The second-order valence-electron chi connectivity index (χ2n) is 5.40. The quantitative estimate of drug-likeness (QED) is 0.499. The van der Waals surface area contributed by atoms with E-state index in [9.17, 15) is 4.79 Å². The van der Waals surface area contributed by atoms with Gasteiger partial charge in [0.2, 0.25) is 0 Å². The molecule has 1 aliphatic carbocycles. The van der Waals surface area contributed by atoms with Crippen molar-refractivity contribution in [1.82, 2.24) is 15.0 Å². The average Bonchev–Trinajstić information content (AvgIpc) is 3.10. The third-order valence-corrected chi connectivity index (χ3v) is 4.02. The van der Waals surface area contributed by atoms with Gasteiger partial charge in [0.15, 0.2) is 0 Å². The highest BCUT2D eigenvalue weighted by Crippen LogP contribution is 2.45. The zero-order chi connectivity index (χ0) is 12.8. The second kappa shape index (κ2) is 6.12. The van der Waals surface area contributed by atoms with Gasteiger partial charge in [-0.25, -0.2) is 4.68 Å². The Morgan fingerprint density at radius 1 is 1.33 bits per heavy atom. The summed E-state index contributed by atoms with van der Waals surface area (Å²) in [7, 11) is 0. The molecule has 1 unspecified atom stereocenters. The van der Waals surface area contributed by atoms with E-state index >= 15 is 0 Å². The maximum Gasteiger partial charge on any atom is 0.147 e. The third-order valence-electron chi connectivity index (χ3n) is 4.02. The first-order valence-corrected chi connectivity index (χ1v) is 7.16. The van der Waals surface area contributed by atoms with Gasteiger partial charge in [-0.1, -0.05) is 44.2 Å². The third kappa shape index (κ3) is 2.79. The summed E-state index contributed by atoms with van der Waals surface area (Å²) in [6, 6.07) is 0. The monoisotopic (exact) mass is 249 g/mol. The Hall–Kier alpha value is -1.19. The lowest BCUT2D eigenvalue weighted by Gasteiger charge is -2.28. The van der Waals surface area contributed by atoms with Gasteiger partial charge in [0, 0.05) is 6.20 Å². The molecule has 1 saturated carbocycles. The molecule has 0 amide bonds. The van der Waals surface area contributed by atoms with Crippen LogP contribution in [0.2, 0.25) is 0 Å². The fourth-order valence-electron chi connectivity index (χ4n) is 2.74. The summed E-state index contributed by atoms with van der Waals surface area (Å²) < 4.78 is 1.79. The van der Waals surface area contributed by atoms with Gasteiger partial charge in [0.1, 0.15) is 11.8 Å². The van der Waals surface area contributed by atoms with E-state index in [2.05, 4.69) is 17.2 Å². The van der Waals surface area contributed by atoms with Gasteiger partial charge < -0.3 is 4.79 Å². The summed E-state index contributed by atoms with van der Waals surface area (Å²) in [5.74, 6) is 0.475. The van der Waals surface area contributed by atoms with E-state index in [-0.39, 0.29) is 0 Å². The smallest absolute Gasteiger partial charge is 0.147 e. The summed E-state index contributed by atoms with van der Waals surface area (Å²) >= 11 is 0. The van der Waals surface area contributed by atoms with Gasteiger partial charge in [-0.15, -0.1) is 5.10 Å². The van der Waals surface area contributed by atoms with Crippen LogP contribution in [0.4, 0.5) is 0 Å². The van der Waals surface area contributed by atoms with Crippen LogP contribution in [-0.2, 0) is 10.3 Å². The lowest BCUT2D eigenvalue weighted by atomic mass is 9.88. The van der Waals surface area contributed by atoms with Crippen LogP contribution in [0.15, 0.2) is 12.4 Å². The normalized spacial score (nSPS) is 18.5. The number of hydrogen-bond donors (Lipinski definition) is 0. The summed E-state index contributed by atoms with van der Waals surface area (Å²) in [6.07, 6.45) is 13.9. The largest absolute Gasteiger partial charge is 0.301 e. The van der Waals surface area contributed by atoms with Crippen LogP contribution in [-0.4, -0.2) is 21.3 Å². The topological polar surface area (TPSA) is 47.8 Å². The molecule has 0 bridgehead atoms. The van der Waals surface area contributed by atoms with Crippen molar-refractivity contribution >= 4 is 6.29 Å². The molecule has 4 nitrogen and oxygen atoms in total. The van der Waals surface area contributed by atoms with Gasteiger partial charge in [-0.05, 0) is 25.2 Å². The van der Waals surface area contributed by atoms with E-state index in [1.807, 2.05) is 6.20 Å². The number of hydrogen-bond acceptors (Lipinski definition) is 3. The number of carbonyl (C=O) groups excluding carboxylic acids is 1. The molecule has 0 spiro atoms. The fraction of sp³-hybridized carbons (Fsp3) is 0.786. The van der Waals surface area contributed by atoms with Gasteiger partial charge in [-0.2, -0.15) is 0 Å². The standard InChI is InChI=1S/C14H23N3O/c1-2-3-4-5-6-9-14(12-18,13-7-8-13)17-11-10-15-16-17/h10-13H,2-9H2,1H3. The van der Waals surface area contributed by atoms with Gasteiger partial charge in [0.25, 0.3) is 0 Å². The molecule has 0 radical (unpaired) electrons. The summed E-state index contributed by atoms with van der Waals surface area (Å²) in [5, 5.41) is 7.93. The minimum Gasteiger partial charge on any atom is -0.301 e. The van der Waals surface area contributed by atoms with Crippen LogP contribution >= 0.6 is 0 Å². The molecular weight excluding hydrogens is 226 g/mol. The highest BCUT2D eigenvalue weighted by atomic mass is 16.1. The van der Waals surface area contributed by atoms with Crippen LogP contribution in [0, 0.1) is 5.92 Å². The minimum absolute atomic E-state index is 0.414. The molecular formula is C14H23N3O. The molecule has 1 fully saturated rings. The molecule has 0 aromatic carbocycles. The van der Waals surface area contributed by atoms with Gasteiger partial charge in [0.05, 0.1) is 6.20 Å². The SMILES string of the molecule is CCCCCCCC(C=O)(C1CC1)n1ccnn1. The molecule has 1 aliphatic rings. The Balaban J connectivity index is 1.95. The van der Waals surface area contributed by atoms with Crippen molar-refractivity contribution in [1.29, 1.82) is 0 Å². The molecule has 0 N–H and O–H groups in total.